The molecule has 1 fully saturated rings. The van der Waals surface area contributed by atoms with Crippen LogP contribution in [0, 0.1) is 0 Å². The molecule has 5 nitrogen and oxygen atoms in total. The molecule has 0 spiro atoms. The second-order valence-electron chi connectivity index (χ2n) is 8.74. The van der Waals surface area contributed by atoms with Crippen LogP contribution in [0.15, 0.2) is 12.1 Å². The molecule has 3 rings (SSSR count). The lowest BCUT2D eigenvalue weighted by Gasteiger charge is -2.46. The Labute approximate surface area is 163 Å². The second kappa shape index (κ2) is 8.38. The van der Waals surface area contributed by atoms with E-state index in [4.69, 9.17) is 14.2 Å². The molecule has 1 saturated heterocycles. The number of benzene rings is 1. The summed E-state index contributed by atoms with van der Waals surface area (Å²) in [6, 6.07) is 4.47. The summed E-state index contributed by atoms with van der Waals surface area (Å²) >= 11 is 0. The highest BCUT2D eigenvalue weighted by atomic mass is 16.5. The van der Waals surface area contributed by atoms with E-state index in [0.29, 0.717) is 13.0 Å². The zero-order valence-corrected chi connectivity index (χ0v) is 17.5. The normalized spacial score (nSPS) is 25.6. The number of fused-ring (bicyclic) bond motifs is 3. The molecular weight excluding hydrogens is 342 g/mol. The van der Waals surface area contributed by atoms with Crippen molar-refractivity contribution >= 4 is 0 Å². The van der Waals surface area contributed by atoms with Crippen LogP contribution in [0.2, 0.25) is 0 Å². The minimum absolute atomic E-state index is 0.138. The quantitative estimate of drug-likeness (QED) is 0.766. The molecule has 1 aromatic carbocycles. The summed E-state index contributed by atoms with van der Waals surface area (Å²) in [5.41, 5.74) is 2.32. The number of rotatable bonds is 6. The van der Waals surface area contributed by atoms with Crippen LogP contribution < -0.4 is 9.47 Å². The molecule has 2 aliphatic heterocycles. The molecule has 2 heterocycles. The van der Waals surface area contributed by atoms with Crippen molar-refractivity contribution in [3.63, 3.8) is 0 Å². The summed E-state index contributed by atoms with van der Waals surface area (Å²) in [4.78, 5) is 2.45. The first kappa shape index (κ1) is 20.4. The molecule has 3 unspecified atom stereocenters. The SMILES string of the molecule is CCCCOc1cc2c(cc1OC)C1CC(O)C(OC(C)(C)C)CN1CC2. The van der Waals surface area contributed by atoms with Gasteiger partial charge in [0, 0.05) is 19.1 Å². The number of piperidine rings is 1. The Balaban J connectivity index is 1.80. The third-order valence-electron chi connectivity index (χ3n) is 5.46. The predicted octanol–water partition coefficient (Wildman–Crippen LogP) is 3.72. The molecule has 3 atom stereocenters. The summed E-state index contributed by atoms with van der Waals surface area (Å²) in [5.74, 6) is 1.62. The first-order chi connectivity index (χ1) is 12.8. The standard InChI is InChI=1S/C22H35NO4/c1-6-7-10-26-20-11-15-8-9-23-14-21(27-22(2,3)4)18(24)13-17(23)16(15)12-19(20)25-5/h11-12,17-18,21,24H,6-10,13-14H2,1-5H3. The van der Waals surface area contributed by atoms with E-state index in [0.717, 1.165) is 43.9 Å². The van der Waals surface area contributed by atoms with Gasteiger partial charge in [-0.15, -0.1) is 0 Å². The molecule has 152 valence electrons. The molecule has 0 aromatic heterocycles. The van der Waals surface area contributed by atoms with Gasteiger partial charge in [-0.25, -0.2) is 0 Å². The average Bonchev–Trinajstić information content (AvgIpc) is 2.61. The fourth-order valence-electron chi connectivity index (χ4n) is 4.16. The Bertz CT molecular complexity index is 640. The van der Waals surface area contributed by atoms with Crippen molar-refractivity contribution < 1.29 is 19.3 Å². The lowest BCUT2D eigenvalue weighted by Crippen LogP contribution is -2.53. The fraction of sp³-hybridized carbons (Fsp3) is 0.727. The van der Waals surface area contributed by atoms with Crippen molar-refractivity contribution in [3.8, 4) is 11.5 Å². The Morgan fingerprint density at radius 2 is 2.00 bits per heavy atom. The molecule has 0 amide bonds. The molecule has 2 aliphatic rings. The maximum absolute atomic E-state index is 10.7. The van der Waals surface area contributed by atoms with Crippen LogP contribution in [0.1, 0.15) is 64.1 Å². The molecule has 27 heavy (non-hydrogen) atoms. The molecule has 0 radical (unpaired) electrons. The van der Waals surface area contributed by atoms with Crippen LogP contribution in [-0.4, -0.2) is 54.6 Å². The summed E-state index contributed by atoms with van der Waals surface area (Å²) < 4.78 is 17.7. The van der Waals surface area contributed by atoms with Gasteiger partial charge in [0.1, 0.15) is 0 Å². The maximum Gasteiger partial charge on any atom is 0.161 e. The van der Waals surface area contributed by atoms with Crippen molar-refractivity contribution in [3.05, 3.63) is 23.3 Å². The van der Waals surface area contributed by atoms with Crippen molar-refractivity contribution in [1.29, 1.82) is 0 Å². The van der Waals surface area contributed by atoms with Gasteiger partial charge in [0.05, 0.1) is 31.5 Å². The van der Waals surface area contributed by atoms with Crippen LogP contribution >= 0.6 is 0 Å². The van der Waals surface area contributed by atoms with E-state index in [-0.39, 0.29) is 17.7 Å². The number of ether oxygens (including phenoxy) is 3. The second-order valence-corrected chi connectivity index (χ2v) is 8.74. The van der Waals surface area contributed by atoms with E-state index in [1.54, 1.807) is 7.11 Å². The minimum atomic E-state index is -0.456. The third-order valence-corrected chi connectivity index (χ3v) is 5.46. The van der Waals surface area contributed by atoms with E-state index < -0.39 is 6.10 Å². The van der Waals surface area contributed by atoms with Crippen molar-refractivity contribution in [1.82, 2.24) is 4.90 Å². The largest absolute Gasteiger partial charge is 0.493 e. The van der Waals surface area contributed by atoms with Gasteiger partial charge < -0.3 is 19.3 Å². The van der Waals surface area contributed by atoms with E-state index in [9.17, 15) is 5.11 Å². The summed E-state index contributed by atoms with van der Waals surface area (Å²) in [7, 11) is 1.69. The van der Waals surface area contributed by atoms with Crippen LogP contribution in [0.25, 0.3) is 0 Å². The van der Waals surface area contributed by atoms with Gasteiger partial charge in [-0.1, -0.05) is 13.3 Å². The zero-order chi connectivity index (χ0) is 19.6. The van der Waals surface area contributed by atoms with E-state index >= 15 is 0 Å². The van der Waals surface area contributed by atoms with Gasteiger partial charge >= 0.3 is 0 Å². The zero-order valence-electron chi connectivity index (χ0n) is 17.5. The molecule has 1 N–H and O–H groups in total. The van der Waals surface area contributed by atoms with Gasteiger partial charge in [-0.3, -0.25) is 4.90 Å². The number of hydrogen-bond donors (Lipinski definition) is 1. The van der Waals surface area contributed by atoms with Crippen LogP contribution in [0.5, 0.6) is 11.5 Å². The summed E-state index contributed by atoms with van der Waals surface area (Å²) in [5, 5.41) is 10.7. The van der Waals surface area contributed by atoms with Crippen LogP contribution in [0.4, 0.5) is 0 Å². The molecule has 1 aromatic rings. The van der Waals surface area contributed by atoms with Gasteiger partial charge in [0.25, 0.3) is 0 Å². The molecule has 0 saturated carbocycles. The average molecular weight is 378 g/mol. The van der Waals surface area contributed by atoms with Crippen LogP contribution in [0.3, 0.4) is 0 Å². The van der Waals surface area contributed by atoms with E-state index in [2.05, 4.69) is 24.0 Å². The Morgan fingerprint density at radius 1 is 1.22 bits per heavy atom. The highest BCUT2D eigenvalue weighted by molar-refractivity contribution is 5.49. The number of hydrogen-bond acceptors (Lipinski definition) is 5. The van der Waals surface area contributed by atoms with Gasteiger partial charge in [0.15, 0.2) is 11.5 Å². The lowest BCUT2D eigenvalue weighted by atomic mass is 9.84. The Morgan fingerprint density at radius 3 is 2.67 bits per heavy atom. The van der Waals surface area contributed by atoms with Crippen molar-refractivity contribution in [2.75, 3.05) is 26.8 Å². The minimum Gasteiger partial charge on any atom is -0.493 e. The predicted molar refractivity (Wildman–Crippen MR) is 107 cm³/mol. The Kier molecular flexibility index (Phi) is 6.34. The number of aliphatic hydroxyl groups excluding tert-OH is 1. The number of methoxy groups -OCH3 is 1. The Hall–Kier alpha value is -1.30. The fourth-order valence-corrected chi connectivity index (χ4v) is 4.16. The number of nitrogens with zero attached hydrogens (tertiary/aromatic N) is 1. The first-order valence-corrected chi connectivity index (χ1v) is 10.3. The highest BCUT2D eigenvalue weighted by Crippen LogP contribution is 2.42. The monoisotopic (exact) mass is 377 g/mol. The smallest absolute Gasteiger partial charge is 0.161 e. The first-order valence-electron chi connectivity index (χ1n) is 10.3. The van der Waals surface area contributed by atoms with Gasteiger partial charge in [-0.05, 0) is 63.3 Å². The summed E-state index contributed by atoms with van der Waals surface area (Å²) in [6.07, 6.45) is 3.23. The lowest BCUT2D eigenvalue weighted by molar-refractivity contribution is -0.149. The number of unbranched alkanes of at least 4 members (excludes halogenated alkanes) is 1. The van der Waals surface area contributed by atoms with E-state index in [1.807, 2.05) is 20.8 Å². The van der Waals surface area contributed by atoms with Crippen molar-refractivity contribution in [2.24, 2.45) is 0 Å². The van der Waals surface area contributed by atoms with E-state index in [1.165, 1.54) is 11.1 Å². The summed E-state index contributed by atoms with van der Waals surface area (Å²) in [6.45, 7) is 10.8. The van der Waals surface area contributed by atoms with Gasteiger partial charge in [0.2, 0.25) is 0 Å². The topological polar surface area (TPSA) is 51.2 Å². The maximum atomic E-state index is 10.7. The third kappa shape index (κ3) is 4.76. The molecular formula is C22H35NO4. The number of aliphatic hydroxyl groups is 1. The molecule has 0 bridgehead atoms. The van der Waals surface area contributed by atoms with Gasteiger partial charge in [-0.2, -0.15) is 0 Å². The highest BCUT2D eigenvalue weighted by Gasteiger charge is 2.40. The molecule has 0 aliphatic carbocycles. The molecule has 5 heteroatoms. The van der Waals surface area contributed by atoms with Crippen LogP contribution in [-0.2, 0) is 11.2 Å². The van der Waals surface area contributed by atoms with Crippen molar-refractivity contribution in [2.45, 2.75) is 77.2 Å².